The molecule has 0 bridgehead atoms. The highest BCUT2D eigenvalue weighted by Crippen LogP contribution is 2.42. The molecule has 0 amide bonds. The standard InChI is InChI=1S/C18H8F8S.C14H6F8.C8H6F4.C7H10/c1-5-11(19)15(23)9(16(24)12(5)20)7-3-4-8(27-7)10-17(25)13(21)6(2)14(22)18(10)26;1-3-7(15)11(19)5(12(20)8(3)16)6-13(21)9(17)4(2)10(18)14(6)22;1-3-5(9)7(11)4(2)8(12)6(3)10;1-6-3-4-7(2)5-6/h3-4H,1-2H3;1-2H3;1-2H3;3-4H,5H2,1-2H3. The maximum Gasteiger partial charge on any atom is 0.170 e. The topological polar surface area (TPSA) is 0 Å². The molecule has 0 fully saturated rings. The van der Waals surface area contributed by atoms with Crippen LogP contribution < -0.4 is 0 Å². The Hall–Kier alpha value is -6.12. The summed E-state index contributed by atoms with van der Waals surface area (Å²) in [6.07, 6.45) is 5.55. The highest BCUT2D eigenvalue weighted by molar-refractivity contribution is 7.18. The largest absolute Gasteiger partial charge is 0.203 e. The van der Waals surface area contributed by atoms with Crippen molar-refractivity contribution in [1.29, 1.82) is 0 Å². The van der Waals surface area contributed by atoms with Gasteiger partial charge in [-0.05, 0) is 73.9 Å². The SMILES string of the molecule is CC1=CC=C(C)C1.Cc1c(F)c(F)c(-c2c(F)c(F)c(C)c(F)c2F)c(F)c1F.Cc1c(F)c(F)c(-c2ccc(-c3c(F)c(F)c(C)c(F)c3F)s2)c(F)c1F.Cc1c(F)c(F)c(C)c(F)c1F. The van der Waals surface area contributed by atoms with E-state index in [2.05, 4.69) is 26.0 Å². The van der Waals surface area contributed by atoms with E-state index < -0.39 is 182 Å². The Labute approximate surface area is 377 Å². The molecule has 0 saturated carbocycles. The maximum absolute atomic E-state index is 14.1. The number of benzene rings is 5. The number of hydrogen-bond acceptors (Lipinski definition) is 1. The monoisotopic (exact) mass is 1010 g/mol. The smallest absolute Gasteiger partial charge is 0.170 e. The van der Waals surface area contributed by atoms with Gasteiger partial charge in [0.2, 0.25) is 0 Å². The Morgan fingerprint density at radius 3 is 0.574 bits per heavy atom. The molecule has 0 unspecified atom stereocenters. The molecule has 1 aliphatic rings. The lowest BCUT2D eigenvalue weighted by atomic mass is 9.98. The van der Waals surface area contributed by atoms with E-state index in [0.29, 0.717) is 25.2 Å². The molecule has 0 nitrogen and oxygen atoms in total. The van der Waals surface area contributed by atoms with E-state index in [9.17, 15) is 87.8 Å². The Bertz CT molecular complexity index is 2680. The van der Waals surface area contributed by atoms with E-state index in [4.69, 9.17) is 0 Å². The summed E-state index contributed by atoms with van der Waals surface area (Å²) in [5, 5.41) is 0. The van der Waals surface area contributed by atoms with Crippen LogP contribution in [0.15, 0.2) is 35.4 Å². The molecule has 68 heavy (non-hydrogen) atoms. The summed E-state index contributed by atoms with van der Waals surface area (Å²) in [4.78, 5) is -0.837. The van der Waals surface area contributed by atoms with Gasteiger partial charge in [0.25, 0.3) is 0 Å². The Balaban J connectivity index is 0.000000218. The average molecular weight is 1010 g/mol. The van der Waals surface area contributed by atoms with Crippen LogP contribution in [-0.4, -0.2) is 0 Å². The molecule has 0 radical (unpaired) electrons. The lowest BCUT2D eigenvalue weighted by Crippen LogP contribution is -2.09. The quantitative estimate of drug-likeness (QED) is 0.122. The Morgan fingerprint density at radius 2 is 0.412 bits per heavy atom. The van der Waals surface area contributed by atoms with Crippen molar-refractivity contribution < 1.29 is 87.8 Å². The third-order valence-corrected chi connectivity index (χ3v) is 11.3. The molecule has 1 aliphatic carbocycles. The number of allylic oxidation sites excluding steroid dienone is 4. The predicted molar refractivity (Wildman–Crippen MR) is 213 cm³/mol. The van der Waals surface area contributed by atoms with E-state index in [-0.39, 0.29) is 0 Å². The first-order chi connectivity index (χ1) is 31.4. The molecular formula is C47H30F20S. The van der Waals surface area contributed by atoms with E-state index in [1.165, 1.54) is 17.6 Å². The van der Waals surface area contributed by atoms with E-state index >= 15 is 0 Å². The van der Waals surface area contributed by atoms with Gasteiger partial charge in [-0.3, -0.25) is 0 Å². The van der Waals surface area contributed by atoms with Crippen molar-refractivity contribution in [1.82, 2.24) is 0 Å². The second kappa shape index (κ2) is 21.0. The van der Waals surface area contributed by atoms with Crippen LogP contribution >= 0.6 is 11.3 Å². The summed E-state index contributed by atoms with van der Waals surface area (Å²) in [7, 11) is 0. The zero-order valence-corrected chi connectivity index (χ0v) is 36.8. The first-order valence-electron chi connectivity index (χ1n) is 19.0. The molecule has 0 spiro atoms. The van der Waals surface area contributed by atoms with Gasteiger partial charge in [-0.1, -0.05) is 23.3 Å². The lowest BCUT2D eigenvalue weighted by Gasteiger charge is -2.13. The molecule has 21 heteroatoms. The molecule has 5 aromatic carbocycles. The zero-order valence-electron chi connectivity index (χ0n) is 36.0. The van der Waals surface area contributed by atoms with Crippen molar-refractivity contribution in [2.75, 3.05) is 0 Å². The summed E-state index contributed by atoms with van der Waals surface area (Å²) >= 11 is 0.316. The van der Waals surface area contributed by atoms with Gasteiger partial charge >= 0.3 is 0 Å². The number of rotatable bonds is 3. The highest BCUT2D eigenvalue weighted by atomic mass is 32.1. The fourth-order valence-corrected chi connectivity index (χ4v) is 7.21. The van der Waals surface area contributed by atoms with Gasteiger partial charge in [0, 0.05) is 43.1 Å². The normalized spacial score (nSPS) is 11.9. The van der Waals surface area contributed by atoms with Gasteiger partial charge in [0.1, 0.15) is 0 Å². The summed E-state index contributed by atoms with van der Waals surface area (Å²) in [6.45, 7) is 9.33. The van der Waals surface area contributed by atoms with E-state index in [0.717, 1.165) is 39.8 Å². The van der Waals surface area contributed by atoms with E-state index in [1.807, 2.05) is 0 Å². The van der Waals surface area contributed by atoms with Crippen LogP contribution in [0.1, 0.15) is 53.6 Å². The minimum atomic E-state index is -2.16. The number of hydrogen-bond donors (Lipinski definition) is 0. The van der Waals surface area contributed by atoms with Crippen molar-refractivity contribution in [3.8, 4) is 32.0 Å². The summed E-state index contributed by atoms with van der Waals surface area (Å²) < 4.78 is 271. The second-order valence-corrected chi connectivity index (χ2v) is 16.0. The van der Waals surface area contributed by atoms with Crippen LogP contribution in [0.4, 0.5) is 87.8 Å². The highest BCUT2D eigenvalue weighted by Gasteiger charge is 2.33. The molecule has 6 aromatic rings. The average Bonchev–Trinajstić information content (AvgIpc) is 3.95. The fraction of sp³-hybridized carbons (Fsp3) is 0.191. The molecule has 0 atom stereocenters. The number of thiophene rings is 1. The first-order valence-corrected chi connectivity index (χ1v) is 19.8. The van der Waals surface area contributed by atoms with E-state index in [1.54, 1.807) is 0 Å². The molecule has 1 heterocycles. The molecular weight excluding hydrogens is 977 g/mol. The second-order valence-electron chi connectivity index (χ2n) is 14.9. The Kier molecular flexibility index (Phi) is 16.9. The van der Waals surface area contributed by atoms with Crippen LogP contribution in [0.2, 0.25) is 0 Å². The maximum atomic E-state index is 14.1. The number of halogens is 20. The third-order valence-electron chi connectivity index (χ3n) is 10.2. The van der Waals surface area contributed by atoms with Gasteiger partial charge in [0.05, 0.1) is 22.3 Å². The Morgan fingerprint density at radius 1 is 0.250 bits per heavy atom. The van der Waals surface area contributed by atoms with Crippen LogP contribution in [-0.2, 0) is 0 Å². The minimum Gasteiger partial charge on any atom is -0.203 e. The van der Waals surface area contributed by atoms with Crippen molar-refractivity contribution in [3.05, 3.63) is 185 Å². The fourth-order valence-electron chi connectivity index (χ4n) is 6.14. The molecule has 0 aliphatic heterocycles. The van der Waals surface area contributed by atoms with Gasteiger partial charge in [-0.15, -0.1) is 11.3 Å². The van der Waals surface area contributed by atoms with Gasteiger partial charge in [0.15, 0.2) is 116 Å². The van der Waals surface area contributed by atoms with Crippen LogP contribution in [0.5, 0.6) is 0 Å². The summed E-state index contributed by atoms with van der Waals surface area (Å²) in [6, 6.07) is 1.87. The first kappa shape index (κ1) is 54.5. The van der Waals surface area contributed by atoms with Gasteiger partial charge in [-0.2, -0.15) is 0 Å². The van der Waals surface area contributed by atoms with Crippen molar-refractivity contribution in [3.63, 3.8) is 0 Å². The molecule has 1 aromatic heterocycles. The summed E-state index contributed by atoms with van der Waals surface area (Å²) in [5.41, 5.74) is -8.06. The summed E-state index contributed by atoms with van der Waals surface area (Å²) in [5.74, 6) is -34.9. The van der Waals surface area contributed by atoms with Gasteiger partial charge < -0.3 is 0 Å². The van der Waals surface area contributed by atoms with Crippen molar-refractivity contribution in [2.24, 2.45) is 0 Å². The predicted octanol–water partition coefficient (Wildman–Crippen LogP) is 17.0. The van der Waals surface area contributed by atoms with Gasteiger partial charge in [-0.25, -0.2) is 87.8 Å². The molecule has 7 rings (SSSR count). The molecule has 364 valence electrons. The van der Waals surface area contributed by atoms with Crippen LogP contribution in [0.3, 0.4) is 0 Å². The van der Waals surface area contributed by atoms with Crippen molar-refractivity contribution in [2.45, 2.75) is 61.8 Å². The van der Waals surface area contributed by atoms with Crippen LogP contribution in [0, 0.1) is 158 Å². The third kappa shape index (κ3) is 10.0. The zero-order chi connectivity index (χ0) is 51.9. The van der Waals surface area contributed by atoms with Crippen LogP contribution in [0.25, 0.3) is 32.0 Å². The lowest BCUT2D eigenvalue weighted by molar-refractivity contribution is 0.433. The minimum absolute atomic E-state index is 0.316. The molecule has 0 N–H and O–H groups in total. The molecule has 0 saturated heterocycles. The van der Waals surface area contributed by atoms with Crippen molar-refractivity contribution >= 4 is 11.3 Å².